The molecule has 8 nitrogen and oxygen atoms in total. The van der Waals surface area contributed by atoms with E-state index < -0.39 is 17.4 Å². The normalized spacial score (nSPS) is 11.3. The number of carbonyl (C=O) groups excluding carboxylic acids is 2. The number of imide groups is 1. The van der Waals surface area contributed by atoms with E-state index in [4.69, 9.17) is 4.42 Å². The van der Waals surface area contributed by atoms with Gasteiger partial charge in [-0.25, -0.2) is 4.68 Å². The van der Waals surface area contributed by atoms with Crippen molar-refractivity contribution in [2.45, 2.75) is 26.0 Å². The molecular weight excluding hydrogens is 264 g/mol. The highest BCUT2D eigenvalue weighted by molar-refractivity contribution is 6.02. The van der Waals surface area contributed by atoms with E-state index in [2.05, 4.69) is 15.6 Å². The molecule has 2 N–H and O–H groups in total. The van der Waals surface area contributed by atoms with Crippen molar-refractivity contribution in [2.75, 3.05) is 0 Å². The van der Waals surface area contributed by atoms with Crippen LogP contribution in [0.3, 0.4) is 0 Å². The van der Waals surface area contributed by atoms with Crippen molar-refractivity contribution in [1.82, 2.24) is 20.3 Å². The van der Waals surface area contributed by atoms with Crippen molar-refractivity contribution < 1.29 is 19.1 Å². The molecule has 0 aliphatic heterocycles. The second-order valence-corrected chi connectivity index (χ2v) is 4.71. The summed E-state index contributed by atoms with van der Waals surface area (Å²) in [7, 11) is 0. The summed E-state index contributed by atoms with van der Waals surface area (Å²) in [6.07, 6.45) is 2.78. The third-order valence-electron chi connectivity index (χ3n) is 2.47. The number of furan rings is 1. The van der Waals surface area contributed by atoms with E-state index in [-0.39, 0.29) is 12.3 Å². The number of hydrogen-bond donors (Lipinski definition) is 2. The number of aromatic nitrogens is 3. The van der Waals surface area contributed by atoms with E-state index in [0.29, 0.717) is 5.69 Å². The molecule has 2 aromatic rings. The molecule has 106 valence electrons. The Hall–Kier alpha value is -2.48. The number of rotatable bonds is 4. The molecule has 0 aliphatic carbocycles. The molecule has 0 unspecified atom stereocenters. The fraction of sp³-hybridized carbons (Fsp3) is 0.333. The molecule has 0 spiro atoms. The van der Waals surface area contributed by atoms with Gasteiger partial charge in [-0.1, -0.05) is 5.21 Å². The quantitative estimate of drug-likeness (QED) is 0.818. The number of amides is 2. The van der Waals surface area contributed by atoms with Gasteiger partial charge in [-0.2, -0.15) is 0 Å². The molecule has 2 heterocycles. The minimum atomic E-state index is -1.14. The Bertz CT molecular complexity index is 610. The van der Waals surface area contributed by atoms with E-state index in [0.717, 1.165) is 0 Å². The van der Waals surface area contributed by atoms with E-state index in [1.807, 2.05) is 0 Å². The molecule has 0 aliphatic rings. The van der Waals surface area contributed by atoms with Crippen molar-refractivity contribution in [2.24, 2.45) is 0 Å². The van der Waals surface area contributed by atoms with Crippen molar-refractivity contribution >= 4 is 11.8 Å². The zero-order chi connectivity index (χ0) is 14.8. The van der Waals surface area contributed by atoms with Crippen LogP contribution in [0.2, 0.25) is 0 Å². The molecule has 2 rings (SSSR count). The monoisotopic (exact) mass is 278 g/mol. The highest BCUT2D eigenvalue weighted by Crippen LogP contribution is 2.15. The molecule has 0 bridgehead atoms. The van der Waals surface area contributed by atoms with Gasteiger partial charge in [0, 0.05) is 0 Å². The topological polar surface area (TPSA) is 110 Å². The van der Waals surface area contributed by atoms with Crippen LogP contribution in [0.1, 0.15) is 30.1 Å². The van der Waals surface area contributed by atoms with Crippen LogP contribution in [0.15, 0.2) is 29.0 Å². The minimum absolute atomic E-state index is 0.0501. The zero-order valence-corrected chi connectivity index (χ0v) is 11.0. The van der Waals surface area contributed by atoms with Crippen molar-refractivity contribution in [1.29, 1.82) is 0 Å². The molecule has 0 fully saturated rings. The Morgan fingerprint density at radius 2 is 2.25 bits per heavy atom. The lowest BCUT2D eigenvalue weighted by Gasteiger charge is -2.11. The average molecular weight is 278 g/mol. The Kier molecular flexibility index (Phi) is 3.66. The first-order valence-corrected chi connectivity index (χ1v) is 5.87. The predicted molar refractivity (Wildman–Crippen MR) is 66.4 cm³/mol. The summed E-state index contributed by atoms with van der Waals surface area (Å²) in [5.41, 5.74) is -0.804. The number of aliphatic hydroxyl groups is 1. The van der Waals surface area contributed by atoms with E-state index in [9.17, 15) is 14.7 Å². The van der Waals surface area contributed by atoms with Crippen molar-refractivity contribution in [3.8, 4) is 0 Å². The first kappa shape index (κ1) is 13.9. The van der Waals surface area contributed by atoms with Crippen LogP contribution >= 0.6 is 0 Å². The van der Waals surface area contributed by atoms with Crippen LogP contribution in [-0.4, -0.2) is 31.9 Å². The van der Waals surface area contributed by atoms with Gasteiger partial charge in [-0.05, 0) is 26.0 Å². The van der Waals surface area contributed by atoms with Gasteiger partial charge in [-0.3, -0.25) is 14.9 Å². The lowest BCUT2D eigenvalue weighted by Crippen LogP contribution is -2.33. The minimum Gasteiger partial charge on any atom is -0.459 e. The van der Waals surface area contributed by atoms with Gasteiger partial charge >= 0.3 is 0 Å². The van der Waals surface area contributed by atoms with Crippen LogP contribution in [0.25, 0.3) is 0 Å². The molecule has 0 radical (unpaired) electrons. The summed E-state index contributed by atoms with van der Waals surface area (Å²) in [6.45, 7) is 2.93. The smallest absolute Gasteiger partial charge is 0.293 e. The third-order valence-corrected chi connectivity index (χ3v) is 2.47. The number of hydrogen-bond acceptors (Lipinski definition) is 6. The summed E-state index contributed by atoms with van der Waals surface area (Å²) in [4.78, 5) is 23.2. The molecule has 0 atom stereocenters. The highest BCUT2D eigenvalue weighted by atomic mass is 16.3. The maximum atomic E-state index is 11.7. The molecule has 0 saturated carbocycles. The molecule has 2 amide bonds. The summed E-state index contributed by atoms with van der Waals surface area (Å²) in [5.74, 6) is -1.13. The summed E-state index contributed by atoms with van der Waals surface area (Å²) >= 11 is 0. The fourth-order valence-corrected chi connectivity index (χ4v) is 1.44. The molecule has 0 saturated heterocycles. The van der Waals surface area contributed by atoms with Crippen molar-refractivity contribution in [3.05, 3.63) is 36.0 Å². The van der Waals surface area contributed by atoms with Crippen molar-refractivity contribution in [3.63, 3.8) is 0 Å². The molecule has 20 heavy (non-hydrogen) atoms. The Labute approximate surface area is 114 Å². The van der Waals surface area contributed by atoms with Gasteiger partial charge in [0.25, 0.3) is 5.91 Å². The van der Waals surface area contributed by atoms with Gasteiger partial charge in [0.05, 0.1) is 12.5 Å². The van der Waals surface area contributed by atoms with E-state index >= 15 is 0 Å². The first-order valence-electron chi connectivity index (χ1n) is 5.87. The molecule has 8 heteroatoms. The van der Waals surface area contributed by atoms with E-state index in [1.165, 1.54) is 23.2 Å². The summed E-state index contributed by atoms with van der Waals surface area (Å²) < 4.78 is 6.10. The lowest BCUT2D eigenvalue weighted by atomic mass is 10.1. The summed E-state index contributed by atoms with van der Waals surface area (Å²) in [5, 5.41) is 19.3. The van der Waals surface area contributed by atoms with Gasteiger partial charge in [0.1, 0.15) is 17.8 Å². The largest absolute Gasteiger partial charge is 0.459 e. The highest BCUT2D eigenvalue weighted by Gasteiger charge is 2.21. The summed E-state index contributed by atoms with van der Waals surface area (Å²) in [6, 6.07) is 3.00. The second kappa shape index (κ2) is 5.25. The van der Waals surface area contributed by atoms with Crippen LogP contribution in [-0.2, 0) is 16.9 Å². The Balaban J connectivity index is 1.95. The van der Waals surface area contributed by atoms with Crippen LogP contribution < -0.4 is 5.32 Å². The van der Waals surface area contributed by atoms with Gasteiger partial charge in [0.2, 0.25) is 5.91 Å². The maximum absolute atomic E-state index is 11.7. The third kappa shape index (κ3) is 3.29. The first-order chi connectivity index (χ1) is 9.36. The Morgan fingerprint density at radius 1 is 1.50 bits per heavy atom. The number of nitrogens with one attached hydrogen (secondary N) is 1. The molecule has 2 aromatic heterocycles. The molecular formula is C12H14N4O4. The second-order valence-electron chi connectivity index (χ2n) is 4.71. The lowest BCUT2D eigenvalue weighted by molar-refractivity contribution is -0.120. The Morgan fingerprint density at radius 3 is 2.80 bits per heavy atom. The van der Waals surface area contributed by atoms with Crippen LogP contribution in [0.4, 0.5) is 0 Å². The zero-order valence-electron chi connectivity index (χ0n) is 11.0. The standard InChI is InChI=1S/C12H14N4O4/c1-12(2,19)9-6-16(15-14-9)7-10(17)13-11(18)8-4-3-5-20-8/h3-6,19H,7H2,1-2H3,(H,13,17,18). The van der Waals surface area contributed by atoms with Gasteiger partial charge < -0.3 is 9.52 Å². The van der Waals surface area contributed by atoms with Gasteiger partial charge in [0.15, 0.2) is 5.76 Å². The maximum Gasteiger partial charge on any atom is 0.293 e. The van der Waals surface area contributed by atoms with Crippen LogP contribution in [0.5, 0.6) is 0 Å². The average Bonchev–Trinajstić information content (AvgIpc) is 2.97. The fourth-order valence-electron chi connectivity index (χ4n) is 1.44. The predicted octanol–water partition coefficient (Wildman–Crippen LogP) is 0.0551. The van der Waals surface area contributed by atoms with E-state index in [1.54, 1.807) is 19.9 Å². The number of carbonyl (C=O) groups is 2. The van der Waals surface area contributed by atoms with Crippen LogP contribution in [0, 0.1) is 0 Å². The number of nitrogens with zero attached hydrogens (tertiary/aromatic N) is 3. The van der Waals surface area contributed by atoms with Gasteiger partial charge in [-0.15, -0.1) is 5.10 Å². The molecule has 0 aromatic carbocycles. The SMILES string of the molecule is CC(C)(O)c1cn(CC(=O)NC(=O)c2ccco2)nn1.